The van der Waals surface area contributed by atoms with E-state index in [1.807, 2.05) is 52.8 Å². The second-order valence-electron chi connectivity index (χ2n) is 4.83. The van der Waals surface area contributed by atoms with Crippen LogP contribution in [0.3, 0.4) is 0 Å². The van der Waals surface area contributed by atoms with Crippen LogP contribution in [0.25, 0.3) is 0 Å². The third-order valence-corrected chi connectivity index (χ3v) is 4.18. The number of hydrogen-bond acceptors (Lipinski definition) is 3. The molecular formula is C22H34O2S. The molecule has 0 fully saturated rings. The van der Waals surface area contributed by atoms with Crippen molar-refractivity contribution >= 4 is 11.8 Å². The molecule has 140 valence electrons. The summed E-state index contributed by atoms with van der Waals surface area (Å²) in [5.41, 5.74) is 1.24. The molecule has 0 bridgehead atoms. The summed E-state index contributed by atoms with van der Waals surface area (Å²) in [6, 6.07) is 18.5. The van der Waals surface area contributed by atoms with Gasteiger partial charge < -0.3 is 9.47 Å². The van der Waals surface area contributed by atoms with Gasteiger partial charge in [0.25, 0.3) is 0 Å². The summed E-state index contributed by atoms with van der Waals surface area (Å²) in [5.74, 6) is 1.79. The highest BCUT2D eigenvalue weighted by Crippen LogP contribution is 2.20. The zero-order valence-electron chi connectivity index (χ0n) is 16.6. The van der Waals surface area contributed by atoms with E-state index < -0.39 is 0 Å². The van der Waals surface area contributed by atoms with Crippen molar-refractivity contribution in [3.63, 3.8) is 0 Å². The molecule has 0 aromatic heterocycles. The molecule has 0 heterocycles. The SMILES string of the molecule is CC.CC.CCOC(COc1ccc(C)cc1)CSc1ccccc1. The molecule has 0 aliphatic rings. The Kier molecular flexibility index (Phi) is 15.1. The Hall–Kier alpha value is -1.45. The number of hydrogen-bond donors (Lipinski definition) is 0. The Bertz CT molecular complexity index is 511. The maximum absolute atomic E-state index is 5.83. The fourth-order valence-corrected chi connectivity index (χ4v) is 2.83. The molecule has 0 spiro atoms. The van der Waals surface area contributed by atoms with Crippen molar-refractivity contribution < 1.29 is 9.47 Å². The average Bonchev–Trinajstić information content (AvgIpc) is 2.69. The Balaban J connectivity index is 0.00000134. The van der Waals surface area contributed by atoms with E-state index in [1.54, 1.807) is 11.8 Å². The lowest BCUT2D eigenvalue weighted by Crippen LogP contribution is -2.24. The van der Waals surface area contributed by atoms with Crippen LogP contribution < -0.4 is 4.74 Å². The lowest BCUT2D eigenvalue weighted by molar-refractivity contribution is 0.0433. The highest BCUT2D eigenvalue weighted by atomic mass is 32.2. The molecule has 0 N–H and O–H groups in total. The van der Waals surface area contributed by atoms with Crippen LogP contribution in [0.4, 0.5) is 0 Å². The van der Waals surface area contributed by atoms with E-state index in [4.69, 9.17) is 9.47 Å². The molecule has 3 heteroatoms. The van der Waals surface area contributed by atoms with Crippen molar-refractivity contribution in [1.82, 2.24) is 0 Å². The third-order valence-electron chi connectivity index (χ3n) is 3.04. The molecule has 1 atom stereocenters. The van der Waals surface area contributed by atoms with Gasteiger partial charge in [0.1, 0.15) is 18.5 Å². The molecule has 0 aliphatic heterocycles. The van der Waals surface area contributed by atoms with Crippen LogP contribution in [0.5, 0.6) is 5.75 Å². The predicted octanol–water partition coefficient (Wildman–Crippen LogP) is 6.62. The minimum absolute atomic E-state index is 0.0986. The van der Waals surface area contributed by atoms with Crippen LogP contribution in [0.15, 0.2) is 59.5 Å². The van der Waals surface area contributed by atoms with E-state index in [0.717, 1.165) is 11.5 Å². The van der Waals surface area contributed by atoms with Crippen LogP contribution in [0.1, 0.15) is 40.2 Å². The second kappa shape index (κ2) is 16.0. The maximum atomic E-state index is 5.83. The minimum atomic E-state index is 0.0986. The van der Waals surface area contributed by atoms with Crippen molar-refractivity contribution in [1.29, 1.82) is 0 Å². The van der Waals surface area contributed by atoms with Gasteiger partial charge >= 0.3 is 0 Å². The number of aryl methyl sites for hydroxylation is 1. The largest absolute Gasteiger partial charge is 0.491 e. The summed E-state index contributed by atoms with van der Waals surface area (Å²) in [6.45, 7) is 13.4. The van der Waals surface area contributed by atoms with Gasteiger partial charge in [0.05, 0.1) is 0 Å². The predicted molar refractivity (Wildman–Crippen MR) is 112 cm³/mol. The van der Waals surface area contributed by atoms with Crippen LogP contribution >= 0.6 is 11.8 Å². The summed E-state index contributed by atoms with van der Waals surface area (Å²) in [4.78, 5) is 1.26. The summed E-state index contributed by atoms with van der Waals surface area (Å²) in [5, 5.41) is 0. The summed E-state index contributed by atoms with van der Waals surface area (Å²) < 4.78 is 11.6. The highest BCUT2D eigenvalue weighted by molar-refractivity contribution is 7.99. The zero-order chi connectivity index (χ0) is 18.9. The normalized spacial score (nSPS) is 10.6. The van der Waals surface area contributed by atoms with Gasteiger partial charge in [-0.2, -0.15) is 0 Å². The molecule has 1 unspecified atom stereocenters. The van der Waals surface area contributed by atoms with Gasteiger partial charge in [-0.25, -0.2) is 0 Å². The van der Waals surface area contributed by atoms with Gasteiger partial charge in [0.15, 0.2) is 0 Å². The number of thioether (sulfide) groups is 1. The van der Waals surface area contributed by atoms with Gasteiger partial charge in [-0.3, -0.25) is 0 Å². The van der Waals surface area contributed by atoms with E-state index >= 15 is 0 Å². The third kappa shape index (κ3) is 10.9. The van der Waals surface area contributed by atoms with E-state index in [0.29, 0.717) is 13.2 Å². The Labute approximate surface area is 158 Å². The van der Waals surface area contributed by atoms with Crippen LogP contribution in [0, 0.1) is 6.92 Å². The number of rotatable bonds is 8. The summed E-state index contributed by atoms with van der Waals surface area (Å²) in [6.07, 6.45) is 0.0986. The van der Waals surface area contributed by atoms with Crippen molar-refractivity contribution in [2.45, 2.75) is 52.5 Å². The first-order valence-corrected chi connectivity index (χ1v) is 10.3. The minimum Gasteiger partial charge on any atom is -0.491 e. The molecule has 0 saturated heterocycles. The van der Waals surface area contributed by atoms with Crippen molar-refractivity contribution in [3.8, 4) is 5.75 Å². The maximum Gasteiger partial charge on any atom is 0.119 e. The topological polar surface area (TPSA) is 18.5 Å². The van der Waals surface area contributed by atoms with Crippen molar-refractivity contribution in [3.05, 3.63) is 60.2 Å². The first-order valence-electron chi connectivity index (χ1n) is 9.27. The first kappa shape index (κ1) is 23.5. The highest BCUT2D eigenvalue weighted by Gasteiger charge is 2.10. The summed E-state index contributed by atoms with van der Waals surface area (Å²) >= 11 is 1.80. The van der Waals surface area contributed by atoms with Crippen molar-refractivity contribution in [2.24, 2.45) is 0 Å². The summed E-state index contributed by atoms with van der Waals surface area (Å²) in [7, 11) is 0. The van der Waals surface area contributed by atoms with E-state index in [2.05, 4.69) is 43.3 Å². The van der Waals surface area contributed by atoms with Crippen LogP contribution in [0.2, 0.25) is 0 Å². The quantitative estimate of drug-likeness (QED) is 0.491. The molecule has 2 aromatic carbocycles. The monoisotopic (exact) mass is 362 g/mol. The average molecular weight is 363 g/mol. The Morgan fingerprint density at radius 2 is 1.48 bits per heavy atom. The van der Waals surface area contributed by atoms with Crippen LogP contribution in [-0.2, 0) is 4.74 Å². The van der Waals surface area contributed by atoms with Gasteiger partial charge in [0.2, 0.25) is 0 Å². The van der Waals surface area contributed by atoms with Crippen LogP contribution in [-0.4, -0.2) is 25.1 Å². The smallest absolute Gasteiger partial charge is 0.119 e. The van der Waals surface area contributed by atoms with Gasteiger partial charge in [0, 0.05) is 17.3 Å². The first-order chi connectivity index (χ1) is 12.3. The fourth-order valence-electron chi connectivity index (χ4n) is 1.91. The van der Waals surface area contributed by atoms with E-state index in [-0.39, 0.29) is 6.10 Å². The molecule has 0 saturated carbocycles. The van der Waals surface area contributed by atoms with Gasteiger partial charge in [-0.05, 0) is 38.1 Å². The fraction of sp³-hybridized carbons (Fsp3) is 0.455. The molecule has 2 nitrogen and oxygen atoms in total. The molecule has 0 amide bonds. The zero-order valence-corrected chi connectivity index (χ0v) is 17.4. The van der Waals surface area contributed by atoms with Gasteiger partial charge in [-0.15, -0.1) is 11.8 Å². The molecule has 0 radical (unpaired) electrons. The molecule has 2 aromatic rings. The van der Waals surface area contributed by atoms with Crippen molar-refractivity contribution in [2.75, 3.05) is 19.0 Å². The lowest BCUT2D eigenvalue weighted by atomic mass is 10.2. The number of ether oxygens (including phenoxy) is 2. The van der Waals surface area contributed by atoms with Gasteiger partial charge in [-0.1, -0.05) is 63.6 Å². The lowest BCUT2D eigenvalue weighted by Gasteiger charge is -2.17. The van der Waals surface area contributed by atoms with E-state index in [1.165, 1.54) is 10.5 Å². The Morgan fingerprint density at radius 1 is 0.880 bits per heavy atom. The molecule has 25 heavy (non-hydrogen) atoms. The van der Waals surface area contributed by atoms with E-state index in [9.17, 15) is 0 Å². The second-order valence-corrected chi connectivity index (χ2v) is 5.92. The molecule has 0 aliphatic carbocycles. The molecule has 2 rings (SSSR count). The standard InChI is InChI=1S/C18H22O2S.2C2H6/c1-3-19-17(14-21-18-7-5-4-6-8-18)13-20-16-11-9-15(2)10-12-16;2*1-2/h4-12,17H,3,13-14H2,1-2H3;2*1-2H3. The number of benzene rings is 2. The molecular weight excluding hydrogens is 328 g/mol. The Morgan fingerprint density at radius 3 is 2.04 bits per heavy atom.